The molecule has 3 heteroatoms. The van der Waals surface area contributed by atoms with Gasteiger partial charge in [-0.2, -0.15) is 0 Å². The molecule has 84 valence electrons. The van der Waals surface area contributed by atoms with Gasteiger partial charge in [-0.3, -0.25) is 0 Å². The lowest BCUT2D eigenvalue weighted by Gasteiger charge is -2.16. The van der Waals surface area contributed by atoms with E-state index in [-0.39, 0.29) is 0 Å². The minimum Gasteiger partial charge on any atom is -0.390 e. The maximum absolute atomic E-state index is 9.60. The monoisotopic (exact) mass is 272 g/mol. The zero-order chi connectivity index (χ0) is 11.3. The van der Waals surface area contributed by atoms with Crippen LogP contribution in [0.2, 0.25) is 0 Å². The smallest absolute Gasteiger partial charge is 0.0802 e. The van der Waals surface area contributed by atoms with Gasteiger partial charge in [-0.05, 0) is 30.9 Å². The van der Waals surface area contributed by atoms with E-state index in [1.165, 1.54) is 5.56 Å². The third kappa shape index (κ3) is 3.93. The fourth-order valence-corrected chi connectivity index (χ4v) is 1.95. The van der Waals surface area contributed by atoms with Gasteiger partial charge < -0.3 is 10.2 Å². The summed E-state index contributed by atoms with van der Waals surface area (Å²) in [5.74, 6) is 0. The van der Waals surface area contributed by atoms with Gasteiger partial charge in [0, 0.05) is 4.47 Å². The van der Waals surface area contributed by atoms with E-state index in [0.717, 1.165) is 10.9 Å². The maximum atomic E-state index is 9.60. The molecule has 0 bridgehead atoms. The van der Waals surface area contributed by atoms with Crippen molar-refractivity contribution in [1.82, 2.24) is 0 Å². The molecule has 1 aromatic carbocycles. The van der Waals surface area contributed by atoms with Gasteiger partial charge in [0.2, 0.25) is 0 Å². The number of aliphatic hydroxyl groups is 2. The van der Waals surface area contributed by atoms with Gasteiger partial charge in [-0.25, -0.2) is 0 Å². The first-order valence-corrected chi connectivity index (χ1v) is 6.04. The number of benzene rings is 1. The molecule has 0 saturated carbocycles. The van der Waals surface area contributed by atoms with Crippen LogP contribution >= 0.6 is 15.9 Å². The molecule has 2 unspecified atom stereocenters. The molecule has 0 spiro atoms. The summed E-state index contributed by atoms with van der Waals surface area (Å²) in [5, 5.41) is 19.0. The summed E-state index contributed by atoms with van der Waals surface area (Å²) < 4.78 is 1.06. The zero-order valence-electron chi connectivity index (χ0n) is 8.86. The molecule has 0 heterocycles. The van der Waals surface area contributed by atoms with Crippen molar-refractivity contribution in [3.05, 3.63) is 34.3 Å². The van der Waals surface area contributed by atoms with E-state index in [0.29, 0.717) is 12.8 Å². The zero-order valence-corrected chi connectivity index (χ0v) is 10.4. The van der Waals surface area contributed by atoms with E-state index in [2.05, 4.69) is 15.9 Å². The van der Waals surface area contributed by atoms with Crippen molar-refractivity contribution in [3.63, 3.8) is 0 Å². The summed E-state index contributed by atoms with van der Waals surface area (Å²) in [6.07, 6.45) is 0.739. The highest BCUT2D eigenvalue weighted by Crippen LogP contribution is 2.18. The SMILES string of the molecule is CCC(O)C(O)CCc1ccccc1Br. The Hall–Kier alpha value is -0.380. The Morgan fingerprint density at radius 1 is 1.20 bits per heavy atom. The van der Waals surface area contributed by atoms with Crippen LogP contribution in [-0.4, -0.2) is 22.4 Å². The number of rotatable bonds is 5. The number of hydrogen-bond acceptors (Lipinski definition) is 2. The van der Waals surface area contributed by atoms with E-state index >= 15 is 0 Å². The van der Waals surface area contributed by atoms with Gasteiger partial charge in [-0.15, -0.1) is 0 Å². The Balaban J connectivity index is 2.47. The van der Waals surface area contributed by atoms with Crippen LogP contribution in [0.25, 0.3) is 0 Å². The molecular formula is C12H17BrO2. The van der Waals surface area contributed by atoms with E-state index in [1.54, 1.807) is 0 Å². The normalized spacial score (nSPS) is 14.9. The van der Waals surface area contributed by atoms with E-state index in [4.69, 9.17) is 0 Å². The van der Waals surface area contributed by atoms with Crippen LogP contribution in [-0.2, 0) is 6.42 Å². The van der Waals surface area contributed by atoms with Gasteiger partial charge >= 0.3 is 0 Å². The van der Waals surface area contributed by atoms with Crippen molar-refractivity contribution < 1.29 is 10.2 Å². The third-order valence-electron chi connectivity index (χ3n) is 2.53. The van der Waals surface area contributed by atoms with Gasteiger partial charge in [0.15, 0.2) is 0 Å². The maximum Gasteiger partial charge on any atom is 0.0802 e. The minimum absolute atomic E-state index is 0.594. The molecule has 0 aliphatic rings. The van der Waals surface area contributed by atoms with Crippen LogP contribution in [0.3, 0.4) is 0 Å². The lowest BCUT2D eigenvalue weighted by Crippen LogP contribution is -2.25. The predicted octanol–water partition coefficient (Wildman–Crippen LogP) is 2.51. The van der Waals surface area contributed by atoms with Gasteiger partial charge in [0.1, 0.15) is 0 Å². The second kappa shape index (κ2) is 6.26. The molecule has 0 saturated heterocycles. The molecule has 0 aliphatic carbocycles. The topological polar surface area (TPSA) is 40.5 Å². The second-order valence-corrected chi connectivity index (χ2v) is 4.53. The molecule has 2 nitrogen and oxygen atoms in total. The fraction of sp³-hybridized carbons (Fsp3) is 0.500. The first-order chi connectivity index (χ1) is 7.15. The summed E-state index contributed by atoms with van der Waals surface area (Å²) in [6, 6.07) is 7.95. The van der Waals surface area contributed by atoms with Crippen molar-refractivity contribution in [2.75, 3.05) is 0 Å². The van der Waals surface area contributed by atoms with Crippen molar-refractivity contribution in [3.8, 4) is 0 Å². The van der Waals surface area contributed by atoms with Crippen LogP contribution in [0.1, 0.15) is 25.3 Å². The number of hydrogen-bond donors (Lipinski definition) is 2. The molecule has 2 atom stereocenters. The molecule has 0 aromatic heterocycles. The quantitative estimate of drug-likeness (QED) is 0.865. The highest BCUT2D eigenvalue weighted by Gasteiger charge is 2.14. The van der Waals surface area contributed by atoms with Crippen LogP contribution in [0.4, 0.5) is 0 Å². The average molecular weight is 273 g/mol. The fourth-order valence-electron chi connectivity index (χ4n) is 1.47. The van der Waals surface area contributed by atoms with Crippen LogP contribution in [0.5, 0.6) is 0 Å². The number of halogens is 1. The first kappa shape index (κ1) is 12.7. The standard InChI is InChI=1S/C12H17BrO2/c1-2-11(14)12(15)8-7-9-5-3-4-6-10(9)13/h3-6,11-12,14-15H,2,7-8H2,1H3. The van der Waals surface area contributed by atoms with Crippen molar-refractivity contribution in [2.24, 2.45) is 0 Å². The number of aliphatic hydroxyl groups excluding tert-OH is 2. The first-order valence-electron chi connectivity index (χ1n) is 5.24. The number of aryl methyl sites for hydroxylation is 1. The predicted molar refractivity (Wildman–Crippen MR) is 64.8 cm³/mol. The van der Waals surface area contributed by atoms with Crippen molar-refractivity contribution >= 4 is 15.9 Å². The van der Waals surface area contributed by atoms with E-state index in [1.807, 2.05) is 31.2 Å². The molecule has 15 heavy (non-hydrogen) atoms. The van der Waals surface area contributed by atoms with Crippen LogP contribution < -0.4 is 0 Å². The summed E-state index contributed by atoms with van der Waals surface area (Å²) in [4.78, 5) is 0. The minimum atomic E-state index is -0.623. The summed E-state index contributed by atoms with van der Waals surface area (Å²) in [5.41, 5.74) is 1.17. The molecule has 1 aromatic rings. The highest BCUT2D eigenvalue weighted by molar-refractivity contribution is 9.10. The lowest BCUT2D eigenvalue weighted by molar-refractivity contribution is 0.0130. The lowest BCUT2D eigenvalue weighted by atomic mass is 10.0. The van der Waals surface area contributed by atoms with Crippen LogP contribution in [0.15, 0.2) is 28.7 Å². The third-order valence-corrected chi connectivity index (χ3v) is 3.30. The summed E-state index contributed by atoms with van der Waals surface area (Å²) >= 11 is 3.46. The molecule has 0 aliphatic heterocycles. The van der Waals surface area contributed by atoms with Gasteiger partial charge in [0.25, 0.3) is 0 Å². The van der Waals surface area contributed by atoms with Crippen LogP contribution in [0, 0.1) is 0 Å². The Morgan fingerprint density at radius 2 is 1.87 bits per heavy atom. The van der Waals surface area contributed by atoms with Gasteiger partial charge in [-0.1, -0.05) is 41.1 Å². The average Bonchev–Trinajstić information content (AvgIpc) is 2.26. The summed E-state index contributed by atoms with van der Waals surface area (Å²) in [6.45, 7) is 1.87. The highest BCUT2D eigenvalue weighted by atomic mass is 79.9. The second-order valence-electron chi connectivity index (χ2n) is 3.67. The van der Waals surface area contributed by atoms with Crippen molar-refractivity contribution in [2.45, 2.75) is 38.4 Å². The molecule has 1 rings (SSSR count). The Bertz CT molecular complexity index is 301. The largest absolute Gasteiger partial charge is 0.390 e. The molecular weight excluding hydrogens is 256 g/mol. The molecule has 2 N–H and O–H groups in total. The van der Waals surface area contributed by atoms with E-state index < -0.39 is 12.2 Å². The van der Waals surface area contributed by atoms with E-state index in [9.17, 15) is 10.2 Å². The van der Waals surface area contributed by atoms with Crippen molar-refractivity contribution in [1.29, 1.82) is 0 Å². The Morgan fingerprint density at radius 3 is 2.47 bits per heavy atom. The molecule has 0 fully saturated rings. The Kier molecular flexibility index (Phi) is 5.29. The summed E-state index contributed by atoms with van der Waals surface area (Å²) in [7, 11) is 0. The van der Waals surface area contributed by atoms with Gasteiger partial charge in [0.05, 0.1) is 12.2 Å². The molecule has 0 amide bonds. The molecule has 0 radical (unpaired) electrons. The Labute approximate surface area is 99.1 Å².